The first kappa shape index (κ1) is 17.5. The van der Waals surface area contributed by atoms with Gasteiger partial charge in [-0.3, -0.25) is 14.6 Å². The number of carbonyl (C=O) groups is 2. The highest BCUT2D eigenvalue weighted by Gasteiger charge is 2.48. The lowest BCUT2D eigenvalue weighted by Crippen LogP contribution is -2.54. The third-order valence-corrected chi connectivity index (χ3v) is 6.58. The number of pyridine rings is 1. The largest absolute Gasteiger partial charge is 0.342 e. The Morgan fingerprint density at radius 3 is 2.62 bits per heavy atom. The first-order chi connectivity index (χ1) is 12.5. The van der Waals surface area contributed by atoms with Crippen LogP contribution in [0.15, 0.2) is 18.2 Å². The van der Waals surface area contributed by atoms with Crippen LogP contribution in [0.5, 0.6) is 0 Å². The number of likely N-dealkylation sites (tertiary alicyclic amines) is 2. The highest BCUT2D eigenvalue weighted by atomic mass is 16.2. The van der Waals surface area contributed by atoms with Crippen LogP contribution >= 0.6 is 0 Å². The Balaban J connectivity index is 1.41. The molecule has 26 heavy (non-hydrogen) atoms. The van der Waals surface area contributed by atoms with E-state index in [0.29, 0.717) is 18.4 Å². The zero-order chi connectivity index (χ0) is 18.3. The van der Waals surface area contributed by atoms with Crippen LogP contribution in [-0.2, 0) is 16.1 Å². The standard InChI is InChI=1S/C21H29N3O2/c1-15-13-18(15)19(25)23-11-8-21(9-12-23)7-4-10-24(20(21)26)14-17-6-3-5-16(2)22-17/h3,5-6,15,18H,4,7-14H2,1-2H3/t15-,18-/m1/s1. The van der Waals surface area contributed by atoms with Crippen molar-refractivity contribution in [2.45, 2.75) is 52.5 Å². The molecule has 5 nitrogen and oxygen atoms in total. The smallest absolute Gasteiger partial charge is 0.229 e. The summed E-state index contributed by atoms with van der Waals surface area (Å²) in [7, 11) is 0. The molecule has 3 aliphatic rings. The summed E-state index contributed by atoms with van der Waals surface area (Å²) in [5.41, 5.74) is 1.70. The van der Waals surface area contributed by atoms with Crippen molar-refractivity contribution in [3.63, 3.8) is 0 Å². The van der Waals surface area contributed by atoms with E-state index in [4.69, 9.17) is 0 Å². The van der Waals surface area contributed by atoms with Crippen LogP contribution in [0.25, 0.3) is 0 Å². The van der Waals surface area contributed by atoms with Gasteiger partial charge >= 0.3 is 0 Å². The van der Waals surface area contributed by atoms with Crippen molar-refractivity contribution in [2.75, 3.05) is 19.6 Å². The average Bonchev–Trinajstić information content (AvgIpc) is 3.36. The Morgan fingerprint density at radius 1 is 1.23 bits per heavy atom. The summed E-state index contributed by atoms with van der Waals surface area (Å²) in [5, 5.41) is 0. The Kier molecular flexibility index (Phi) is 4.49. The Morgan fingerprint density at radius 2 is 1.96 bits per heavy atom. The van der Waals surface area contributed by atoms with E-state index < -0.39 is 0 Å². The quantitative estimate of drug-likeness (QED) is 0.838. The molecule has 1 aromatic heterocycles. The third-order valence-electron chi connectivity index (χ3n) is 6.58. The zero-order valence-electron chi connectivity index (χ0n) is 15.9. The summed E-state index contributed by atoms with van der Waals surface area (Å²) in [4.78, 5) is 34.3. The molecule has 2 saturated heterocycles. The van der Waals surface area contributed by atoms with Crippen molar-refractivity contribution in [2.24, 2.45) is 17.3 Å². The van der Waals surface area contributed by atoms with Gasteiger partial charge in [-0.05, 0) is 57.1 Å². The number of nitrogens with zero attached hydrogens (tertiary/aromatic N) is 3. The van der Waals surface area contributed by atoms with Crippen LogP contribution in [0.3, 0.4) is 0 Å². The molecule has 0 N–H and O–H groups in total. The van der Waals surface area contributed by atoms with Crippen LogP contribution in [0.4, 0.5) is 0 Å². The number of hydrogen-bond acceptors (Lipinski definition) is 3. The molecule has 1 aliphatic carbocycles. The molecule has 1 aromatic rings. The predicted molar refractivity (Wildman–Crippen MR) is 99.1 cm³/mol. The molecule has 0 aromatic carbocycles. The second kappa shape index (κ2) is 6.67. The van der Waals surface area contributed by atoms with Crippen LogP contribution < -0.4 is 0 Å². The molecular formula is C21H29N3O2. The topological polar surface area (TPSA) is 53.5 Å². The van der Waals surface area contributed by atoms with Crippen molar-refractivity contribution in [1.29, 1.82) is 0 Å². The van der Waals surface area contributed by atoms with E-state index >= 15 is 0 Å². The van der Waals surface area contributed by atoms with E-state index in [-0.39, 0.29) is 17.2 Å². The minimum absolute atomic E-state index is 0.245. The number of hydrogen-bond donors (Lipinski definition) is 0. The Labute approximate surface area is 155 Å². The molecule has 0 bridgehead atoms. The summed E-state index contributed by atoms with van der Waals surface area (Å²) in [6.45, 7) is 7.03. The Hall–Kier alpha value is -1.91. The molecule has 4 rings (SSSR count). The molecule has 0 unspecified atom stereocenters. The maximum Gasteiger partial charge on any atom is 0.229 e. The SMILES string of the molecule is Cc1cccc(CN2CCCC3(CCN(C(=O)[C@@H]4C[C@H]4C)CC3)C2=O)n1. The van der Waals surface area contributed by atoms with Gasteiger partial charge in [0.05, 0.1) is 17.7 Å². The number of aromatic nitrogens is 1. The lowest BCUT2D eigenvalue weighted by molar-refractivity contribution is -0.153. The highest BCUT2D eigenvalue weighted by molar-refractivity contribution is 5.85. The van der Waals surface area contributed by atoms with Gasteiger partial charge in [0.2, 0.25) is 11.8 Å². The number of piperidine rings is 2. The molecule has 3 heterocycles. The maximum atomic E-state index is 13.3. The van der Waals surface area contributed by atoms with Gasteiger partial charge in [-0.1, -0.05) is 13.0 Å². The molecule has 0 radical (unpaired) electrons. The van der Waals surface area contributed by atoms with Gasteiger partial charge in [-0.25, -0.2) is 0 Å². The van der Waals surface area contributed by atoms with Gasteiger partial charge in [-0.2, -0.15) is 0 Å². The fraction of sp³-hybridized carbons (Fsp3) is 0.667. The fourth-order valence-corrected chi connectivity index (χ4v) is 4.71. The molecular weight excluding hydrogens is 326 g/mol. The molecule has 1 spiro atoms. The predicted octanol–water partition coefficient (Wildman–Crippen LogP) is 2.78. The zero-order valence-corrected chi connectivity index (χ0v) is 15.9. The van der Waals surface area contributed by atoms with Crippen LogP contribution in [0.2, 0.25) is 0 Å². The second-order valence-electron chi connectivity index (χ2n) is 8.53. The van der Waals surface area contributed by atoms with Gasteiger partial charge in [0, 0.05) is 31.2 Å². The number of rotatable bonds is 3. The van der Waals surface area contributed by atoms with Crippen LogP contribution in [0.1, 0.15) is 50.4 Å². The van der Waals surface area contributed by atoms with Gasteiger partial charge < -0.3 is 9.80 Å². The minimum atomic E-state index is -0.256. The average molecular weight is 355 g/mol. The molecule has 3 fully saturated rings. The monoisotopic (exact) mass is 355 g/mol. The van der Waals surface area contributed by atoms with Crippen molar-refractivity contribution < 1.29 is 9.59 Å². The maximum absolute atomic E-state index is 13.3. The van der Waals surface area contributed by atoms with E-state index in [1.54, 1.807) is 0 Å². The van der Waals surface area contributed by atoms with Crippen LogP contribution in [0, 0.1) is 24.2 Å². The lowest BCUT2D eigenvalue weighted by Gasteiger charge is -2.46. The third kappa shape index (κ3) is 3.24. The van der Waals surface area contributed by atoms with E-state index in [1.807, 2.05) is 34.9 Å². The van der Waals surface area contributed by atoms with Crippen molar-refractivity contribution >= 4 is 11.8 Å². The molecule has 1 saturated carbocycles. The molecule has 140 valence electrons. The molecule has 5 heteroatoms. The first-order valence-corrected chi connectivity index (χ1v) is 9.99. The van der Waals surface area contributed by atoms with E-state index in [0.717, 1.165) is 63.1 Å². The lowest BCUT2D eigenvalue weighted by atomic mass is 9.71. The summed E-state index contributed by atoms with van der Waals surface area (Å²) < 4.78 is 0. The van der Waals surface area contributed by atoms with Crippen LogP contribution in [-0.4, -0.2) is 46.2 Å². The van der Waals surface area contributed by atoms with E-state index in [1.165, 1.54) is 0 Å². The summed E-state index contributed by atoms with van der Waals surface area (Å²) in [5.74, 6) is 1.39. The summed E-state index contributed by atoms with van der Waals surface area (Å²) >= 11 is 0. The first-order valence-electron chi connectivity index (χ1n) is 9.99. The number of amides is 2. The van der Waals surface area contributed by atoms with Crippen molar-refractivity contribution in [3.8, 4) is 0 Å². The normalized spacial score (nSPS) is 27.7. The molecule has 2 aliphatic heterocycles. The summed E-state index contributed by atoms with van der Waals surface area (Å²) in [6.07, 6.45) is 4.68. The van der Waals surface area contributed by atoms with Gasteiger partial charge in [-0.15, -0.1) is 0 Å². The second-order valence-corrected chi connectivity index (χ2v) is 8.53. The van der Waals surface area contributed by atoms with Gasteiger partial charge in [0.25, 0.3) is 0 Å². The molecule has 2 amide bonds. The Bertz CT molecular complexity index is 709. The van der Waals surface area contributed by atoms with Crippen molar-refractivity contribution in [1.82, 2.24) is 14.8 Å². The van der Waals surface area contributed by atoms with Gasteiger partial charge in [0.1, 0.15) is 0 Å². The fourth-order valence-electron chi connectivity index (χ4n) is 4.71. The number of aryl methyl sites for hydroxylation is 1. The number of carbonyl (C=O) groups excluding carboxylic acids is 2. The highest BCUT2D eigenvalue weighted by Crippen LogP contribution is 2.44. The van der Waals surface area contributed by atoms with E-state index in [2.05, 4.69) is 11.9 Å². The molecule has 2 atom stereocenters. The van der Waals surface area contributed by atoms with Crippen molar-refractivity contribution in [3.05, 3.63) is 29.6 Å². The van der Waals surface area contributed by atoms with E-state index in [9.17, 15) is 9.59 Å². The van der Waals surface area contributed by atoms with Gasteiger partial charge in [0.15, 0.2) is 0 Å². The summed E-state index contributed by atoms with van der Waals surface area (Å²) in [6, 6.07) is 5.99. The minimum Gasteiger partial charge on any atom is -0.342 e.